The smallest absolute Gasteiger partial charge is 0.303 e. The number of aliphatic carboxylic acids is 1. The molecule has 0 aromatic carbocycles. The Morgan fingerprint density at radius 2 is 2.35 bits per heavy atom. The summed E-state index contributed by atoms with van der Waals surface area (Å²) >= 11 is 0. The van der Waals surface area contributed by atoms with Gasteiger partial charge in [-0.25, -0.2) is 9.97 Å². The van der Waals surface area contributed by atoms with Gasteiger partial charge in [0.1, 0.15) is 6.07 Å². The topological polar surface area (TPSA) is 90.1 Å². The quantitative estimate of drug-likeness (QED) is 0.822. The number of hydrogen-bond acceptors (Lipinski definition) is 5. The molecule has 0 amide bonds. The number of rotatable bonds is 3. The first kappa shape index (κ1) is 11.3. The largest absolute Gasteiger partial charge is 0.481 e. The molecular weight excluding hydrogens is 220 g/mol. The first-order valence-corrected chi connectivity index (χ1v) is 5.38. The fourth-order valence-corrected chi connectivity index (χ4v) is 2.08. The molecule has 6 heteroatoms. The van der Waals surface area contributed by atoms with Crippen LogP contribution in [0.2, 0.25) is 0 Å². The summed E-state index contributed by atoms with van der Waals surface area (Å²) in [6, 6.07) is 2.00. The molecule has 1 aromatic rings. The summed E-state index contributed by atoms with van der Waals surface area (Å²) in [4.78, 5) is 20.6. The standard InChI is InChI=1S/C11H12N4O2/c12-6-9-11(14-3-2-13-9)15-4-1-8(7-15)5-10(16)17/h2-3,8H,1,4-5,7H2,(H,16,17). The lowest BCUT2D eigenvalue weighted by Crippen LogP contribution is -2.22. The molecule has 1 saturated heterocycles. The Balaban J connectivity index is 2.10. The predicted molar refractivity (Wildman–Crippen MR) is 59.3 cm³/mol. The Hall–Kier alpha value is -2.16. The lowest BCUT2D eigenvalue weighted by Gasteiger charge is -2.17. The number of nitriles is 1. The Labute approximate surface area is 98.5 Å². The van der Waals surface area contributed by atoms with Gasteiger partial charge in [-0.1, -0.05) is 0 Å². The minimum Gasteiger partial charge on any atom is -0.481 e. The fraction of sp³-hybridized carbons (Fsp3) is 0.455. The predicted octanol–water partition coefficient (Wildman–Crippen LogP) is 0.649. The van der Waals surface area contributed by atoms with Crippen molar-refractivity contribution in [3.63, 3.8) is 0 Å². The van der Waals surface area contributed by atoms with E-state index in [0.717, 1.165) is 13.0 Å². The number of anilines is 1. The number of carboxylic acids is 1. The maximum absolute atomic E-state index is 10.6. The highest BCUT2D eigenvalue weighted by atomic mass is 16.4. The highest BCUT2D eigenvalue weighted by Gasteiger charge is 2.26. The third-order valence-electron chi connectivity index (χ3n) is 2.83. The second-order valence-electron chi connectivity index (χ2n) is 4.04. The van der Waals surface area contributed by atoms with Crippen molar-refractivity contribution in [1.29, 1.82) is 5.26 Å². The second-order valence-corrected chi connectivity index (χ2v) is 4.04. The molecule has 0 aliphatic carbocycles. The summed E-state index contributed by atoms with van der Waals surface area (Å²) in [6.07, 6.45) is 4.00. The summed E-state index contributed by atoms with van der Waals surface area (Å²) in [5, 5.41) is 17.6. The van der Waals surface area contributed by atoms with E-state index in [-0.39, 0.29) is 12.3 Å². The molecule has 1 unspecified atom stereocenters. The highest BCUT2D eigenvalue weighted by molar-refractivity contribution is 5.67. The minimum absolute atomic E-state index is 0.126. The molecular formula is C11H12N4O2. The van der Waals surface area contributed by atoms with Crippen molar-refractivity contribution in [3.8, 4) is 6.07 Å². The van der Waals surface area contributed by atoms with Crippen molar-refractivity contribution in [3.05, 3.63) is 18.1 Å². The molecule has 1 aliphatic heterocycles. The summed E-state index contributed by atoms with van der Waals surface area (Å²) in [6.45, 7) is 1.35. The second kappa shape index (κ2) is 4.78. The molecule has 1 atom stereocenters. The van der Waals surface area contributed by atoms with Crippen LogP contribution in [0.1, 0.15) is 18.5 Å². The molecule has 1 aliphatic rings. The van der Waals surface area contributed by atoms with E-state index in [1.807, 2.05) is 11.0 Å². The normalized spacial score (nSPS) is 19.0. The number of carboxylic acid groups (broad SMARTS) is 1. The third-order valence-corrected chi connectivity index (χ3v) is 2.83. The van der Waals surface area contributed by atoms with E-state index >= 15 is 0 Å². The number of hydrogen-bond donors (Lipinski definition) is 1. The van der Waals surface area contributed by atoms with Crippen LogP contribution in [0.25, 0.3) is 0 Å². The van der Waals surface area contributed by atoms with Gasteiger partial charge in [-0.3, -0.25) is 4.79 Å². The van der Waals surface area contributed by atoms with Crippen molar-refractivity contribution in [1.82, 2.24) is 9.97 Å². The SMILES string of the molecule is N#Cc1nccnc1N1CCC(CC(=O)O)C1. The van der Waals surface area contributed by atoms with Crippen molar-refractivity contribution < 1.29 is 9.90 Å². The average Bonchev–Trinajstić information content (AvgIpc) is 2.76. The molecule has 0 bridgehead atoms. The van der Waals surface area contributed by atoms with Crippen molar-refractivity contribution in [2.45, 2.75) is 12.8 Å². The van der Waals surface area contributed by atoms with Gasteiger partial charge in [-0.15, -0.1) is 0 Å². The van der Waals surface area contributed by atoms with Crippen molar-refractivity contribution in [2.24, 2.45) is 5.92 Å². The molecule has 17 heavy (non-hydrogen) atoms. The summed E-state index contributed by atoms with van der Waals surface area (Å²) in [7, 11) is 0. The van der Waals surface area contributed by atoms with Crippen LogP contribution < -0.4 is 4.90 Å². The summed E-state index contributed by atoms with van der Waals surface area (Å²) < 4.78 is 0. The van der Waals surface area contributed by atoms with Gasteiger partial charge in [-0.05, 0) is 12.3 Å². The first-order chi connectivity index (χ1) is 8.20. The van der Waals surface area contributed by atoms with Crippen LogP contribution in [-0.2, 0) is 4.79 Å². The first-order valence-electron chi connectivity index (χ1n) is 5.38. The molecule has 6 nitrogen and oxygen atoms in total. The van der Waals surface area contributed by atoms with Gasteiger partial charge in [0.15, 0.2) is 11.5 Å². The highest BCUT2D eigenvalue weighted by Crippen LogP contribution is 2.25. The minimum atomic E-state index is -0.781. The zero-order valence-corrected chi connectivity index (χ0v) is 9.20. The van der Waals surface area contributed by atoms with E-state index in [0.29, 0.717) is 18.1 Å². The molecule has 0 radical (unpaired) electrons. The molecule has 1 aromatic heterocycles. The van der Waals surface area contributed by atoms with Gasteiger partial charge in [0.2, 0.25) is 0 Å². The third kappa shape index (κ3) is 2.50. The number of aromatic nitrogens is 2. The Bertz CT molecular complexity index is 469. The lowest BCUT2D eigenvalue weighted by atomic mass is 10.1. The monoisotopic (exact) mass is 232 g/mol. The van der Waals surface area contributed by atoms with Crippen molar-refractivity contribution >= 4 is 11.8 Å². The Morgan fingerprint density at radius 1 is 1.59 bits per heavy atom. The fourth-order valence-electron chi connectivity index (χ4n) is 2.08. The van der Waals surface area contributed by atoms with E-state index in [9.17, 15) is 4.79 Å². The van der Waals surface area contributed by atoms with E-state index in [1.165, 1.54) is 6.20 Å². The Kier molecular flexibility index (Phi) is 3.19. The molecule has 2 rings (SSSR count). The Morgan fingerprint density at radius 3 is 3.06 bits per heavy atom. The van der Waals surface area contributed by atoms with Gasteiger partial charge in [0.25, 0.3) is 0 Å². The molecule has 0 saturated carbocycles. The summed E-state index contributed by atoms with van der Waals surface area (Å²) in [5.74, 6) is -0.0968. The van der Waals surface area contributed by atoms with Crippen LogP contribution in [-0.4, -0.2) is 34.1 Å². The maximum atomic E-state index is 10.6. The van der Waals surface area contributed by atoms with Crippen molar-refractivity contribution in [2.75, 3.05) is 18.0 Å². The van der Waals surface area contributed by atoms with Crippen LogP contribution >= 0.6 is 0 Å². The van der Waals surface area contributed by atoms with E-state index in [1.54, 1.807) is 6.20 Å². The zero-order chi connectivity index (χ0) is 12.3. The lowest BCUT2D eigenvalue weighted by molar-refractivity contribution is -0.137. The van der Waals surface area contributed by atoms with E-state index in [2.05, 4.69) is 9.97 Å². The molecule has 1 N–H and O–H groups in total. The van der Waals surface area contributed by atoms with Gasteiger partial charge < -0.3 is 10.0 Å². The van der Waals surface area contributed by atoms with Crippen LogP contribution in [0.3, 0.4) is 0 Å². The average molecular weight is 232 g/mol. The van der Waals surface area contributed by atoms with Crippen LogP contribution in [0, 0.1) is 17.2 Å². The van der Waals surface area contributed by atoms with E-state index in [4.69, 9.17) is 10.4 Å². The number of carbonyl (C=O) groups is 1. The van der Waals surface area contributed by atoms with Crippen LogP contribution in [0.15, 0.2) is 12.4 Å². The van der Waals surface area contributed by atoms with Crippen LogP contribution in [0.4, 0.5) is 5.82 Å². The molecule has 0 spiro atoms. The van der Waals surface area contributed by atoms with Gasteiger partial charge in [0.05, 0.1) is 0 Å². The van der Waals surface area contributed by atoms with Gasteiger partial charge >= 0.3 is 5.97 Å². The van der Waals surface area contributed by atoms with Crippen LogP contribution in [0.5, 0.6) is 0 Å². The molecule has 88 valence electrons. The molecule has 1 fully saturated rings. The maximum Gasteiger partial charge on any atom is 0.303 e. The summed E-state index contributed by atoms with van der Waals surface area (Å²) in [5.41, 5.74) is 0.295. The van der Waals surface area contributed by atoms with Gasteiger partial charge in [-0.2, -0.15) is 5.26 Å². The number of nitrogens with zero attached hydrogens (tertiary/aromatic N) is 4. The van der Waals surface area contributed by atoms with E-state index < -0.39 is 5.97 Å². The zero-order valence-electron chi connectivity index (χ0n) is 9.20. The van der Waals surface area contributed by atoms with Gasteiger partial charge in [0, 0.05) is 31.9 Å². The molecule has 2 heterocycles.